The third kappa shape index (κ3) is 2.47. The molecule has 0 bridgehead atoms. The standard InChI is InChI=1S/C17H24N2O/c18-12-16(14-7-2-1-3-8-14)19-11-10-13-6-4-5-9-15(13)17(19)20/h4-6,9,14,16H,1-3,7-8,10-12,18H2. The van der Waals surface area contributed by atoms with E-state index in [2.05, 4.69) is 11.0 Å². The molecule has 1 aliphatic carbocycles. The van der Waals surface area contributed by atoms with Gasteiger partial charge in [-0.15, -0.1) is 0 Å². The minimum absolute atomic E-state index is 0.188. The summed E-state index contributed by atoms with van der Waals surface area (Å²) in [5.41, 5.74) is 8.09. The van der Waals surface area contributed by atoms with Gasteiger partial charge >= 0.3 is 0 Å². The third-order valence-electron chi connectivity index (χ3n) is 4.97. The largest absolute Gasteiger partial charge is 0.334 e. The highest BCUT2D eigenvalue weighted by Crippen LogP contribution is 2.31. The lowest BCUT2D eigenvalue weighted by Crippen LogP contribution is -2.51. The smallest absolute Gasteiger partial charge is 0.254 e. The average Bonchev–Trinajstić information content (AvgIpc) is 2.51. The summed E-state index contributed by atoms with van der Waals surface area (Å²) in [6.45, 7) is 1.42. The Labute approximate surface area is 121 Å². The second-order valence-electron chi connectivity index (χ2n) is 6.11. The molecule has 108 valence electrons. The van der Waals surface area contributed by atoms with Gasteiger partial charge in [-0.3, -0.25) is 4.79 Å². The van der Waals surface area contributed by atoms with Crippen LogP contribution in [0, 0.1) is 5.92 Å². The van der Waals surface area contributed by atoms with E-state index >= 15 is 0 Å². The zero-order valence-electron chi connectivity index (χ0n) is 12.1. The second-order valence-corrected chi connectivity index (χ2v) is 6.11. The zero-order chi connectivity index (χ0) is 13.9. The molecule has 1 fully saturated rings. The molecule has 1 aromatic carbocycles. The summed E-state index contributed by atoms with van der Waals surface area (Å²) in [5, 5.41) is 0. The number of nitrogens with two attached hydrogens (primary N) is 1. The van der Waals surface area contributed by atoms with Crippen LogP contribution in [0.25, 0.3) is 0 Å². The van der Waals surface area contributed by atoms with E-state index in [9.17, 15) is 4.79 Å². The molecule has 1 unspecified atom stereocenters. The van der Waals surface area contributed by atoms with Crippen molar-refractivity contribution in [2.24, 2.45) is 11.7 Å². The van der Waals surface area contributed by atoms with Gasteiger partial charge in [-0.1, -0.05) is 37.5 Å². The Morgan fingerprint density at radius 1 is 1.20 bits per heavy atom. The SMILES string of the molecule is NCC(C1CCCCC1)N1CCc2ccccc2C1=O. The quantitative estimate of drug-likeness (QED) is 0.919. The first-order chi connectivity index (χ1) is 9.81. The van der Waals surface area contributed by atoms with Crippen molar-refractivity contribution in [3.05, 3.63) is 35.4 Å². The fraction of sp³-hybridized carbons (Fsp3) is 0.588. The number of benzene rings is 1. The van der Waals surface area contributed by atoms with Gasteiger partial charge in [-0.05, 0) is 36.8 Å². The van der Waals surface area contributed by atoms with Crippen molar-refractivity contribution in [2.75, 3.05) is 13.1 Å². The van der Waals surface area contributed by atoms with E-state index in [-0.39, 0.29) is 11.9 Å². The Bertz CT molecular complexity index is 480. The molecule has 2 N–H and O–H groups in total. The maximum Gasteiger partial charge on any atom is 0.254 e. The van der Waals surface area contributed by atoms with Crippen LogP contribution in [0.5, 0.6) is 0 Å². The monoisotopic (exact) mass is 272 g/mol. The molecule has 2 aliphatic rings. The van der Waals surface area contributed by atoms with Gasteiger partial charge in [0.1, 0.15) is 0 Å². The Morgan fingerprint density at radius 2 is 1.95 bits per heavy atom. The molecule has 0 aromatic heterocycles. The fourth-order valence-corrected chi connectivity index (χ4v) is 3.85. The molecule has 1 atom stereocenters. The van der Waals surface area contributed by atoms with Crippen LogP contribution in [0.2, 0.25) is 0 Å². The van der Waals surface area contributed by atoms with Crippen molar-refractivity contribution in [1.29, 1.82) is 0 Å². The Kier molecular flexibility index (Phi) is 4.06. The zero-order valence-corrected chi connectivity index (χ0v) is 12.1. The number of rotatable bonds is 3. The lowest BCUT2D eigenvalue weighted by molar-refractivity contribution is 0.0561. The fourth-order valence-electron chi connectivity index (χ4n) is 3.85. The molecule has 1 saturated carbocycles. The Hall–Kier alpha value is -1.35. The summed E-state index contributed by atoms with van der Waals surface area (Å²) in [4.78, 5) is 14.8. The van der Waals surface area contributed by atoms with E-state index in [4.69, 9.17) is 5.73 Å². The molecule has 1 aliphatic heterocycles. The van der Waals surface area contributed by atoms with Gasteiger partial charge in [-0.25, -0.2) is 0 Å². The second kappa shape index (κ2) is 5.96. The van der Waals surface area contributed by atoms with E-state index in [1.54, 1.807) is 0 Å². The van der Waals surface area contributed by atoms with Gasteiger partial charge in [0.2, 0.25) is 0 Å². The van der Waals surface area contributed by atoms with Crippen LogP contribution in [-0.2, 0) is 6.42 Å². The van der Waals surface area contributed by atoms with Gasteiger partial charge < -0.3 is 10.6 Å². The van der Waals surface area contributed by atoms with Crippen molar-refractivity contribution in [2.45, 2.75) is 44.6 Å². The highest BCUT2D eigenvalue weighted by Gasteiger charge is 2.33. The Balaban J connectivity index is 1.81. The first-order valence-corrected chi connectivity index (χ1v) is 7.90. The predicted octanol–water partition coefficient (Wildman–Crippen LogP) is 2.59. The highest BCUT2D eigenvalue weighted by molar-refractivity contribution is 5.97. The molecular formula is C17H24N2O. The first-order valence-electron chi connectivity index (χ1n) is 7.90. The molecule has 1 heterocycles. The molecule has 3 rings (SSSR count). The number of carbonyl (C=O) groups is 1. The maximum atomic E-state index is 12.7. The van der Waals surface area contributed by atoms with Crippen LogP contribution in [0.3, 0.4) is 0 Å². The molecule has 3 heteroatoms. The predicted molar refractivity (Wildman–Crippen MR) is 80.6 cm³/mol. The van der Waals surface area contributed by atoms with Crippen LogP contribution in [0.1, 0.15) is 48.0 Å². The first kappa shape index (κ1) is 13.6. The van der Waals surface area contributed by atoms with Gasteiger partial charge in [0.25, 0.3) is 5.91 Å². The van der Waals surface area contributed by atoms with Crippen molar-refractivity contribution in [1.82, 2.24) is 4.90 Å². The Morgan fingerprint density at radius 3 is 2.70 bits per heavy atom. The van der Waals surface area contributed by atoms with Crippen LogP contribution < -0.4 is 5.73 Å². The molecule has 1 aromatic rings. The number of carbonyl (C=O) groups excluding carboxylic acids is 1. The van der Waals surface area contributed by atoms with Crippen LogP contribution in [-0.4, -0.2) is 29.9 Å². The van der Waals surface area contributed by atoms with Crippen LogP contribution in [0.15, 0.2) is 24.3 Å². The molecule has 3 nitrogen and oxygen atoms in total. The minimum atomic E-state index is 0.188. The maximum absolute atomic E-state index is 12.7. The number of hydrogen-bond donors (Lipinski definition) is 1. The molecule has 20 heavy (non-hydrogen) atoms. The van der Waals surface area contributed by atoms with Crippen molar-refractivity contribution in [3.63, 3.8) is 0 Å². The topological polar surface area (TPSA) is 46.3 Å². The molecular weight excluding hydrogens is 248 g/mol. The lowest BCUT2D eigenvalue weighted by atomic mass is 9.82. The summed E-state index contributed by atoms with van der Waals surface area (Å²) >= 11 is 0. The van der Waals surface area contributed by atoms with E-state index in [0.717, 1.165) is 18.5 Å². The average molecular weight is 272 g/mol. The van der Waals surface area contributed by atoms with E-state index in [1.807, 2.05) is 18.2 Å². The number of amides is 1. The van der Waals surface area contributed by atoms with Gasteiger partial charge in [0, 0.05) is 24.7 Å². The summed E-state index contributed by atoms with van der Waals surface area (Å²) in [6, 6.07) is 8.24. The highest BCUT2D eigenvalue weighted by atomic mass is 16.2. The van der Waals surface area contributed by atoms with Crippen LogP contribution in [0.4, 0.5) is 0 Å². The van der Waals surface area contributed by atoms with E-state index in [0.29, 0.717) is 12.5 Å². The minimum Gasteiger partial charge on any atom is -0.334 e. The number of fused-ring (bicyclic) bond motifs is 1. The summed E-state index contributed by atoms with van der Waals surface area (Å²) < 4.78 is 0. The summed E-state index contributed by atoms with van der Waals surface area (Å²) in [7, 11) is 0. The third-order valence-corrected chi connectivity index (χ3v) is 4.97. The summed E-state index contributed by atoms with van der Waals surface area (Å²) in [6.07, 6.45) is 7.34. The molecule has 0 spiro atoms. The van der Waals surface area contributed by atoms with Gasteiger partial charge in [0.15, 0.2) is 0 Å². The van der Waals surface area contributed by atoms with Crippen molar-refractivity contribution >= 4 is 5.91 Å². The molecule has 1 amide bonds. The van der Waals surface area contributed by atoms with Gasteiger partial charge in [-0.2, -0.15) is 0 Å². The van der Waals surface area contributed by atoms with Crippen LogP contribution >= 0.6 is 0 Å². The lowest BCUT2D eigenvalue weighted by Gasteiger charge is -2.40. The van der Waals surface area contributed by atoms with E-state index in [1.165, 1.54) is 37.7 Å². The van der Waals surface area contributed by atoms with Gasteiger partial charge in [0.05, 0.1) is 0 Å². The molecule has 0 radical (unpaired) electrons. The van der Waals surface area contributed by atoms with Crippen molar-refractivity contribution in [3.8, 4) is 0 Å². The van der Waals surface area contributed by atoms with Crippen molar-refractivity contribution < 1.29 is 4.79 Å². The number of hydrogen-bond acceptors (Lipinski definition) is 2. The molecule has 0 saturated heterocycles. The number of nitrogens with zero attached hydrogens (tertiary/aromatic N) is 1. The van der Waals surface area contributed by atoms with E-state index < -0.39 is 0 Å². The summed E-state index contributed by atoms with van der Waals surface area (Å²) in [5.74, 6) is 0.788. The normalized spacial score (nSPS) is 21.6.